The lowest BCUT2D eigenvalue weighted by molar-refractivity contribution is -0.297. The lowest BCUT2D eigenvalue weighted by Gasteiger charge is -2.07. The Kier molecular flexibility index (Phi) is 5.10. The van der Waals surface area contributed by atoms with E-state index in [0.29, 0.717) is 28.8 Å². The van der Waals surface area contributed by atoms with Crippen LogP contribution >= 0.6 is 0 Å². The topological polar surface area (TPSA) is 102 Å². The molecule has 6 heteroatoms. The fourth-order valence-electron chi connectivity index (χ4n) is 1.67. The van der Waals surface area contributed by atoms with E-state index in [1.54, 1.807) is 48.5 Å². The van der Waals surface area contributed by atoms with Crippen LogP contribution in [-0.2, 0) is 9.59 Å². The van der Waals surface area contributed by atoms with E-state index in [1.807, 2.05) is 6.07 Å². The van der Waals surface area contributed by atoms with Gasteiger partial charge in [-0.3, -0.25) is 4.79 Å². The van der Waals surface area contributed by atoms with Gasteiger partial charge in [-0.15, -0.1) is 0 Å². The Hall–Kier alpha value is -3.59. The quantitative estimate of drug-likeness (QED) is 0.845. The summed E-state index contributed by atoms with van der Waals surface area (Å²) in [6.45, 7) is 0. The number of hydrogen-bond donors (Lipinski definition) is 1. The van der Waals surface area contributed by atoms with E-state index in [4.69, 9.17) is 10.00 Å². The molecule has 0 aliphatic rings. The highest BCUT2D eigenvalue weighted by Crippen LogP contribution is 2.23. The van der Waals surface area contributed by atoms with E-state index in [0.717, 1.165) is 6.08 Å². The molecule has 2 aromatic carbocycles. The monoisotopic (exact) mass is 307 g/mol. The molecule has 1 N–H and O–H groups in total. The number of aliphatic carboxylic acids is 1. The van der Waals surface area contributed by atoms with Crippen LogP contribution in [0.1, 0.15) is 5.56 Å². The second-order valence-electron chi connectivity index (χ2n) is 4.40. The van der Waals surface area contributed by atoms with Crippen molar-refractivity contribution in [3.63, 3.8) is 0 Å². The molecule has 0 fully saturated rings. The third-order valence-corrected chi connectivity index (χ3v) is 2.71. The Labute approximate surface area is 132 Å². The van der Waals surface area contributed by atoms with Gasteiger partial charge in [-0.1, -0.05) is 0 Å². The number of carbonyl (C=O) groups is 2. The molecule has 0 aliphatic heterocycles. The predicted molar refractivity (Wildman–Crippen MR) is 80.4 cm³/mol. The molecule has 0 saturated carbocycles. The van der Waals surface area contributed by atoms with Crippen LogP contribution in [0.4, 0.5) is 5.69 Å². The number of nitriles is 1. The number of carboxylic acids is 1. The van der Waals surface area contributed by atoms with Crippen molar-refractivity contribution in [2.75, 3.05) is 5.32 Å². The van der Waals surface area contributed by atoms with Gasteiger partial charge in [0.05, 0.1) is 17.6 Å². The number of hydrogen-bond acceptors (Lipinski definition) is 5. The first kappa shape index (κ1) is 15.8. The minimum atomic E-state index is -1.44. The highest BCUT2D eigenvalue weighted by atomic mass is 16.5. The third kappa shape index (κ3) is 5.02. The lowest BCUT2D eigenvalue weighted by atomic mass is 10.2. The van der Waals surface area contributed by atoms with Crippen LogP contribution in [0.3, 0.4) is 0 Å². The smallest absolute Gasteiger partial charge is 0.248 e. The average Bonchev–Trinajstić information content (AvgIpc) is 2.55. The van der Waals surface area contributed by atoms with E-state index in [2.05, 4.69) is 5.32 Å². The minimum absolute atomic E-state index is 0.491. The van der Waals surface area contributed by atoms with Gasteiger partial charge in [-0.2, -0.15) is 5.26 Å². The molecule has 0 radical (unpaired) electrons. The molecule has 6 nitrogen and oxygen atoms in total. The Balaban J connectivity index is 1.97. The second-order valence-corrected chi connectivity index (χ2v) is 4.40. The van der Waals surface area contributed by atoms with Gasteiger partial charge in [0.15, 0.2) is 0 Å². The molecule has 0 aliphatic carbocycles. The van der Waals surface area contributed by atoms with Gasteiger partial charge >= 0.3 is 0 Å². The first-order valence-electron chi connectivity index (χ1n) is 6.55. The van der Waals surface area contributed by atoms with Crippen molar-refractivity contribution < 1.29 is 19.4 Å². The van der Waals surface area contributed by atoms with E-state index in [-0.39, 0.29) is 0 Å². The zero-order chi connectivity index (χ0) is 16.7. The average molecular weight is 307 g/mol. The van der Waals surface area contributed by atoms with E-state index < -0.39 is 11.9 Å². The molecule has 0 saturated heterocycles. The number of nitrogens with one attached hydrogen (secondary N) is 1. The zero-order valence-corrected chi connectivity index (χ0v) is 11.9. The standard InChI is InChI=1S/C17H12N2O4/c18-11-12-1-5-14(6-2-12)23-15-7-3-13(4-8-15)19-16(20)9-10-17(21)22/h1-10H,(H,19,20)(H,21,22)/p-1. The normalized spacial score (nSPS) is 10.0. The number of rotatable bonds is 5. The molecule has 0 aromatic heterocycles. The first-order chi connectivity index (χ1) is 11.1. The van der Waals surface area contributed by atoms with Gasteiger partial charge in [-0.05, 0) is 54.6 Å². The Bertz CT molecular complexity index is 772. The van der Waals surface area contributed by atoms with Gasteiger partial charge in [-0.25, -0.2) is 0 Å². The SMILES string of the molecule is N#Cc1ccc(Oc2ccc(NC(=O)C=CC(=O)[O-])cc2)cc1. The fourth-order valence-corrected chi connectivity index (χ4v) is 1.67. The first-order valence-corrected chi connectivity index (χ1v) is 6.55. The molecule has 0 bridgehead atoms. The number of ether oxygens (including phenoxy) is 1. The molecule has 0 atom stereocenters. The minimum Gasteiger partial charge on any atom is -0.545 e. The van der Waals surface area contributed by atoms with Crippen LogP contribution in [0, 0.1) is 11.3 Å². The highest BCUT2D eigenvalue weighted by molar-refractivity contribution is 6.02. The van der Waals surface area contributed by atoms with Gasteiger partial charge in [0, 0.05) is 11.8 Å². The van der Waals surface area contributed by atoms with Crippen molar-refractivity contribution in [1.82, 2.24) is 0 Å². The molecule has 23 heavy (non-hydrogen) atoms. The number of carbonyl (C=O) groups excluding carboxylic acids is 2. The summed E-state index contributed by atoms with van der Waals surface area (Å²) in [6, 6.07) is 15.2. The van der Waals surface area contributed by atoms with Gasteiger partial charge in [0.1, 0.15) is 11.5 Å². The molecule has 114 valence electrons. The number of anilines is 1. The maximum atomic E-state index is 11.4. The van der Waals surface area contributed by atoms with Crippen LogP contribution in [0.2, 0.25) is 0 Å². The maximum Gasteiger partial charge on any atom is 0.248 e. The predicted octanol–water partition coefficient (Wildman–Crippen LogP) is 1.60. The highest BCUT2D eigenvalue weighted by Gasteiger charge is 2.01. The summed E-state index contributed by atoms with van der Waals surface area (Å²) in [7, 11) is 0. The largest absolute Gasteiger partial charge is 0.545 e. The third-order valence-electron chi connectivity index (χ3n) is 2.71. The summed E-state index contributed by atoms with van der Waals surface area (Å²) < 4.78 is 5.59. The summed E-state index contributed by atoms with van der Waals surface area (Å²) in [4.78, 5) is 21.6. The Morgan fingerprint density at radius 3 is 2.09 bits per heavy atom. The summed E-state index contributed by atoms with van der Waals surface area (Å²) >= 11 is 0. The van der Waals surface area contributed by atoms with E-state index >= 15 is 0 Å². The number of benzene rings is 2. The van der Waals surface area contributed by atoms with Crippen LogP contribution in [0.25, 0.3) is 0 Å². The van der Waals surface area contributed by atoms with E-state index in [1.165, 1.54) is 0 Å². The van der Waals surface area contributed by atoms with Crippen LogP contribution < -0.4 is 15.2 Å². The van der Waals surface area contributed by atoms with Crippen molar-refractivity contribution in [3.05, 3.63) is 66.2 Å². The Morgan fingerprint density at radius 2 is 1.57 bits per heavy atom. The number of amides is 1. The van der Waals surface area contributed by atoms with Crippen LogP contribution in [-0.4, -0.2) is 11.9 Å². The molecule has 0 spiro atoms. The van der Waals surface area contributed by atoms with Crippen LogP contribution in [0.15, 0.2) is 60.7 Å². The maximum absolute atomic E-state index is 11.4. The van der Waals surface area contributed by atoms with Crippen molar-refractivity contribution in [3.8, 4) is 17.6 Å². The van der Waals surface area contributed by atoms with E-state index in [9.17, 15) is 14.7 Å². The summed E-state index contributed by atoms with van der Waals surface area (Å²) in [5, 5.41) is 21.4. The number of nitrogens with zero attached hydrogens (tertiary/aromatic N) is 1. The number of carboxylic acid groups (broad SMARTS) is 1. The molecule has 0 unspecified atom stereocenters. The second kappa shape index (κ2) is 7.43. The molecular weight excluding hydrogens is 296 g/mol. The molecular formula is C17H11N2O4-. The fraction of sp³-hybridized carbons (Fsp3) is 0. The molecule has 2 rings (SSSR count). The van der Waals surface area contributed by atoms with Crippen molar-refractivity contribution in [2.24, 2.45) is 0 Å². The van der Waals surface area contributed by atoms with Crippen molar-refractivity contribution >= 4 is 17.6 Å². The van der Waals surface area contributed by atoms with Crippen molar-refractivity contribution in [1.29, 1.82) is 5.26 Å². The summed E-state index contributed by atoms with van der Waals surface area (Å²) in [5.74, 6) is -0.878. The van der Waals surface area contributed by atoms with Crippen LogP contribution in [0.5, 0.6) is 11.5 Å². The van der Waals surface area contributed by atoms with Gasteiger partial charge in [0.2, 0.25) is 5.91 Å². The molecule has 1 amide bonds. The lowest BCUT2D eigenvalue weighted by Crippen LogP contribution is -2.20. The molecule has 0 heterocycles. The Morgan fingerprint density at radius 1 is 1.00 bits per heavy atom. The zero-order valence-electron chi connectivity index (χ0n) is 11.9. The summed E-state index contributed by atoms with van der Waals surface area (Å²) in [5.41, 5.74) is 1.03. The van der Waals surface area contributed by atoms with Crippen molar-refractivity contribution in [2.45, 2.75) is 0 Å². The van der Waals surface area contributed by atoms with Gasteiger partial charge < -0.3 is 20.0 Å². The van der Waals surface area contributed by atoms with Gasteiger partial charge in [0.25, 0.3) is 0 Å². The molecule has 2 aromatic rings. The summed E-state index contributed by atoms with van der Waals surface area (Å²) in [6.07, 6.45) is 1.52.